The Balaban J connectivity index is 1.96. The lowest BCUT2D eigenvalue weighted by atomic mass is 9.91. The van der Waals surface area contributed by atoms with Crippen molar-refractivity contribution in [3.05, 3.63) is 23.8 Å². The standard InChI is InChI=1S/C24H42O7/c1-9-17(26-5)16(4)22-24(31-22)20(25)14(2)11-10-12-15(3)21-23(29-8)18(27-6)13-19(28-7)30-21/h10-12,14,16-25H,9,13H2,1-8H3/b11-10+,15-12+/t14-,16+,17-,18-,19+,20+,21-,22-,23-,24-/m0/s1. The van der Waals surface area contributed by atoms with E-state index in [9.17, 15) is 5.11 Å². The molecule has 7 nitrogen and oxygen atoms in total. The molecule has 0 unspecified atom stereocenters. The van der Waals surface area contributed by atoms with Gasteiger partial charge >= 0.3 is 0 Å². The minimum atomic E-state index is -0.555. The van der Waals surface area contributed by atoms with Gasteiger partial charge in [0, 0.05) is 46.7 Å². The van der Waals surface area contributed by atoms with E-state index >= 15 is 0 Å². The van der Waals surface area contributed by atoms with Crippen LogP contribution in [0.25, 0.3) is 0 Å². The van der Waals surface area contributed by atoms with Crippen molar-refractivity contribution >= 4 is 0 Å². The number of allylic oxidation sites excluding steroid dienone is 2. The van der Waals surface area contributed by atoms with Gasteiger partial charge in [-0.2, -0.15) is 0 Å². The van der Waals surface area contributed by atoms with Gasteiger partial charge < -0.3 is 33.5 Å². The molecule has 10 atom stereocenters. The van der Waals surface area contributed by atoms with Gasteiger partial charge in [0.1, 0.15) is 18.3 Å². The van der Waals surface area contributed by atoms with Crippen molar-refractivity contribution in [2.75, 3.05) is 28.4 Å². The number of hydrogen-bond donors (Lipinski definition) is 1. The van der Waals surface area contributed by atoms with Gasteiger partial charge in [-0.25, -0.2) is 0 Å². The molecule has 0 saturated carbocycles. The second kappa shape index (κ2) is 12.4. The van der Waals surface area contributed by atoms with Crippen molar-refractivity contribution in [1.29, 1.82) is 0 Å². The van der Waals surface area contributed by atoms with E-state index in [1.165, 1.54) is 0 Å². The molecule has 2 saturated heterocycles. The summed E-state index contributed by atoms with van der Waals surface area (Å²) in [5.74, 6) is 0.211. The van der Waals surface area contributed by atoms with Crippen LogP contribution in [-0.2, 0) is 28.4 Å². The zero-order valence-corrected chi connectivity index (χ0v) is 20.3. The first-order chi connectivity index (χ1) is 14.8. The largest absolute Gasteiger partial charge is 0.390 e. The van der Waals surface area contributed by atoms with Gasteiger partial charge in [0.15, 0.2) is 6.29 Å². The Morgan fingerprint density at radius 2 is 1.77 bits per heavy atom. The number of methoxy groups -OCH3 is 4. The molecule has 2 fully saturated rings. The summed E-state index contributed by atoms with van der Waals surface area (Å²) >= 11 is 0. The molecule has 2 aliphatic rings. The van der Waals surface area contributed by atoms with Crippen molar-refractivity contribution in [2.45, 2.75) is 89.6 Å². The third-order valence-electron chi connectivity index (χ3n) is 6.69. The van der Waals surface area contributed by atoms with Crippen LogP contribution in [0.5, 0.6) is 0 Å². The molecule has 0 amide bonds. The van der Waals surface area contributed by atoms with Gasteiger partial charge in [0.2, 0.25) is 0 Å². The number of aliphatic hydroxyl groups excluding tert-OH is 1. The maximum absolute atomic E-state index is 10.7. The van der Waals surface area contributed by atoms with Crippen molar-refractivity contribution < 1.29 is 33.5 Å². The number of rotatable bonds is 12. The Kier molecular flexibility index (Phi) is 10.6. The fourth-order valence-corrected chi connectivity index (χ4v) is 4.53. The second-order valence-electron chi connectivity index (χ2n) is 8.68. The van der Waals surface area contributed by atoms with Crippen molar-refractivity contribution in [3.63, 3.8) is 0 Å². The molecule has 0 aromatic rings. The molecule has 0 aliphatic carbocycles. The van der Waals surface area contributed by atoms with E-state index in [2.05, 4.69) is 13.8 Å². The number of aliphatic hydroxyl groups is 1. The van der Waals surface area contributed by atoms with Crippen LogP contribution in [0.1, 0.15) is 40.5 Å². The second-order valence-corrected chi connectivity index (χ2v) is 8.68. The third-order valence-corrected chi connectivity index (χ3v) is 6.69. The monoisotopic (exact) mass is 442 g/mol. The zero-order chi connectivity index (χ0) is 23.1. The van der Waals surface area contributed by atoms with Crippen molar-refractivity contribution in [2.24, 2.45) is 11.8 Å². The highest BCUT2D eigenvalue weighted by atomic mass is 16.7. The minimum Gasteiger partial charge on any atom is -0.390 e. The van der Waals surface area contributed by atoms with Gasteiger partial charge in [-0.3, -0.25) is 0 Å². The summed E-state index contributed by atoms with van der Waals surface area (Å²) in [5, 5.41) is 10.7. The highest BCUT2D eigenvalue weighted by Gasteiger charge is 2.50. The first-order valence-electron chi connectivity index (χ1n) is 11.3. The van der Waals surface area contributed by atoms with Gasteiger partial charge in [-0.15, -0.1) is 0 Å². The predicted molar refractivity (Wildman–Crippen MR) is 119 cm³/mol. The molecule has 1 N–H and O–H groups in total. The summed E-state index contributed by atoms with van der Waals surface area (Å²) in [5.41, 5.74) is 1.01. The number of ether oxygens (including phenoxy) is 6. The fourth-order valence-electron chi connectivity index (χ4n) is 4.53. The van der Waals surface area contributed by atoms with Crippen molar-refractivity contribution in [3.8, 4) is 0 Å². The van der Waals surface area contributed by atoms with E-state index in [0.717, 1.165) is 12.0 Å². The van der Waals surface area contributed by atoms with Crippen LogP contribution in [0.4, 0.5) is 0 Å². The molecule has 31 heavy (non-hydrogen) atoms. The molecule has 7 heteroatoms. The Morgan fingerprint density at radius 3 is 2.32 bits per heavy atom. The van der Waals surface area contributed by atoms with Crippen LogP contribution >= 0.6 is 0 Å². The lowest BCUT2D eigenvalue weighted by molar-refractivity contribution is -0.241. The Morgan fingerprint density at radius 1 is 1.06 bits per heavy atom. The quantitative estimate of drug-likeness (QED) is 0.367. The van der Waals surface area contributed by atoms with Crippen LogP contribution in [0.15, 0.2) is 23.8 Å². The Labute approximate surface area is 187 Å². The molecule has 0 spiro atoms. The highest BCUT2D eigenvalue weighted by molar-refractivity contribution is 5.18. The van der Waals surface area contributed by atoms with E-state index in [4.69, 9.17) is 28.4 Å². The van der Waals surface area contributed by atoms with Crippen molar-refractivity contribution in [1.82, 2.24) is 0 Å². The molecule has 0 aromatic carbocycles. The first kappa shape index (κ1) is 26.5. The van der Waals surface area contributed by atoms with E-state index in [1.807, 2.05) is 32.1 Å². The normalized spacial score (nSPS) is 35.7. The third kappa shape index (κ3) is 6.60. The lowest BCUT2D eigenvalue weighted by Gasteiger charge is -2.40. The van der Waals surface area contributed by atoms with E-state index in [1.54, 1.807) is 28.4 Å². The molecular formula is C24H42O7. The molecule has 0 radical (unpaired) electrons. The van der Waals surface area contributed by atoms with Gasteiger partial charge in [0.05, 0.1) is 24.4 Å². The summed E-state index contributed by atoms with van der Waals surface area (Å²) in [6.45, 7) is 8.23. The van der Waals surface area contributed by atoms with E-state index in [0.29, 0.717) is 6.42 Å². The SMILES string of the molecule is CC[C@H](OC)[C@@H](C)[C@@H]1O[C@H]1[C@H](O)[C@@H](C)/C=C/C=C(\C)[C@@H]1O[C@@H](OC)C[C@H](OC)[C@@H]1OC. The molecule has 2 aliphatic heterocycles. The molecule has 2 rings (SSSR count). The van der Waals surface area contributed by atoms with Gasteiger partial charge in [-0.1, -0.05) is 39.0 Å². The maximum Gasteiger partial charge on any atom is 0.160 e. The van der Waals surface area contributed by atoms with Crippen LogP contribution in [0.3, 0.4) is 0 Å². The molecule has 180 valence electrons. The molecule has 0 aromatic heterocycles. The summed E-state index contributed by atoms with van der Waals surface area (Å²) < 4.78 is 34.0. The molecular weight excluding hydrogens is 400 g/mol. The fraction of sp³-hybridized carbons (Fsp3) is 0.833. The van der Waals surface area contributed by atoms with Gasteiger partial charge in [0.25, 0.3) is 0 Å². The average molecular weight is 443 g/mol. The number of hydrogen-bond acceptors (Lipinski definition) is 7. The first-order valence-corrected chi connectivity index (χ1v) is 11.3. The average Bonchev–Trinajstić information content (AvgIpc) is 3.58. The van der Waals surface area contributed by atoms with E-state index in [-0.39, 0.29) is 54.7 Å². The maximum atomic E-state index is 10.7. The van der Waals surface area contributed by atoms with Crippen LogP contribution in [0.2, 0.25) is 0 Å². The van der Waals surface area contributed by atoms with Crippen LogP contribution < -0.4 is 0 Å². The van der Waals surface area contributed by atoms with Crippen LogP contribution in [0, 0.1) is 11.8 Å². The van der Waals surface area contributed by atoms with E-state index < -0.39 is 6.10 Å². The molecule has 2 heterocycles. The van der Waals surface area contributed by atoms with Gasteiger partial charge in [-0.05, 0) is 18.9 Å². The molecule has 0 bridgehead atoms. The lowest BCUT2D eigenvalue weighted by Crippen LogP contribution is -2.51. The Bertz CT molecular complexity index is 588. The predicted octanol–water partition coefficient (Wildman–Crippen LogP) is 3.11. The Hall–Kier alpha value is -0.800. The summed E-state index contributed by atoms with van der Waals surface area (Å²) in [4.78, 5) is 0. The highest BCUT2D eigenvalue weighted by Crippen LogP contribution is 2.37. The van der Waals surface area contributed by atoms with Crippen LogP contribution in [-0.4, -0.2) is 82.6 Å². The smallest absolute Gasteiger partial charge is 0.160 e. The number of epoxide rings is 1. The zero-order valence-electron chi connectivity index (χ0n) is 20.3. The minimum absolute atomic E-state index is 0.0437. The summed E-state index contributed by atoms with van der Waals surface area (Å²) in [6, 6.07) is 0. The summed E-state index contributed by atoms with van der Waals surface area (Å²) in [6.07, 6.45) is 6.08. The topological polar surface area (TPSA) is 78.9 Å². The summed E-state index contributed by atoms with van der Waals surface area (Å²) in [7, 11) is 6.71.